The molecule has 4 aromatic rings. The van der Waals surface area contributed by atoms with Crippen LogP contribution in [0.15, 0.2) is 77.0 Å². The van der Waals surface area contributed by atoms with Gasteiger partial charge in [-0.05, 0) is 54.8 Å². The van der Waals surface area contributed by atoms with Crippen LogP contribution in [0.1, 0.15) is 27.9 Å². The zero-order chi connectivity index (χ0) is 21.3. The Hall–Kier alpha value is -3.39. The zero-order valence-electron chi connectivity index (χ0n) is 16.1. The van der Waals surface area contributed by atoms with E-state index in [1.54, 1.807) is 35.1 Å². The second-order valence-electron chi connectivity index (χ2n) is 6.96. The van der Waals surface area contributed by atoms with E-state index in [0.29, 0.717) is 17.8 Å². The average molecular weight is 423 g/mol. The van der Waals surface area contributed by atoms with Gasteiger partial charge in [0.05, 0.1) is 15.4 Å². The summed E-state index contributed by atoms with van der Waals surface area (Å²) in [5, 5.41) is 0. The van der Waals surface area contributed by atoms with E-state index >= 15 is 0 Å². The Kier molecular flexibility index (Phi) is 5.17. The zero-order valence-corrected chi connectivity index (χ0v) is 16.9. The number of fused-ring (bicyclic) bond motifs is 1. The minimum Gasteiger partial charge on any atom is -0.294 e. The second kappa shape index (κ2) is 7.79. The van der Waals surface area contributed by atoms with Crippen LogP contribution in [-0.4, -0.2) is 28.6 Å². The van der Waals surface area contributed by atoms with Crippen molar-refractivity contribution < 1.29 is 17.6 Å². The van der Waals surface area contributed by atoms with Crippen LogP contribution in [-0.2, 0) is 16.3 Å². The molecule has 0 bridgehead atoms. The molecule has 2 aromatic carbocycles. The Morgan fingerprint density at radius 2 is 1.80 bits per heavy atom. The van der Waals surface area contributed by atoms with Gasteiger partial charge in [0.15, 0.2) is 5.78 Å². The molecule has 0 amide bonds. The Labute approximate surface area is 173 Å². The lowest BCUT2D eigenvalue weighted by molar-refractivity contribution is 0.0982. The summed E-state index contributed by atoms with van der Waals surface area (Å²) in [6.07, 6.45) is 7.27. The average Bonchev–Trinajstić information content (AvgIpc) is 3.22. The molecule has 0 aliphatic rings. The molecule has 0 fully saturated rings. The molecule has 0 aliphatic carbocycles. The number of aryl methyl sites for hydroxylation is 2. The normalized spacial score (nSPS) is 11.7. The molecule has 152 valence electrons. The summed E-state index contributed by atoms with van der Waals surface area (Å²) < 4.78 is 40.6. The van der Waals surface area contributed by atoms with Crippen molar-refractivity contribution >= 4 is 21.4 Å². The van der Waals surface area contributed by atoms with Crippen molar-refractivity contribution in [3.63, 3.8) is 0 Å². The van der Waals surface area contributed by atoms with Gasteiger partial charge < -0.3 is 0 Å². The maximum absolute atomic E-state index is 13.4. The molecule has 0 spiro atoms. The number of carbonyl (C=O) groups is 1. The first-order chi connectivity index (χ1) is 14.3. The van der Waals surface area contributed by atoms with Crippen molar-refractivity contribution in [1.82, 2.24) is 14.4 Å². The van der Waals surface area contributed by atoms with Gasteiger partial charge in [0.1, 0.15) is 5.82 Å². The number of Topliss-reactive ketones (excluding diaryl/α,β-unsaturated/α-hetero) is 1. The van der Waals surface area contributed by atoms with Crippen molar-refractivity contribution in [3.8, 4) is 0 Å². The lowest BCUT2D eigenvalue weighted by Gasteiger charge is -2.08. The number of rotatable bonds is 6. The molecule has 6 nitrogen and oxygen atoms in total. The third kappa shape index (κ3) is 3.86. The lowest BCUT2D eigenvalue weighted by Crippen LogP contribution is -2.05. The lowest BCUT2D eigenvalue weighted by atomic mass is 10.0. The van der Waals surface area contributed by atoms with E-state index in [1.165, 1.54) is 37.4 Å². The van der Waals surface area contributed by atoms with Gasteiger partial charge >= 0.3 is 0 Å². The third-order valence-corrected chi connectivity index (χ3v) is 6.65. The van der Waals surface area contributed by atoms with Crippen molar-refractivity contribution in [1.29, 1.82) is 0 Å². The van der Waals surface area contributed by atoms with Crippen molar-refractivity contribution in [3.05, 3.63) is 89.8 Å². The summed E-state index contributed by atoms with van der Waals surface area (Å²) in [6, 6.07) is 10.1. The number of halogens is 1. The van der Waals surface area contributed by atoms with Crippen molar-refractivity contribution in [2.24, 2.45) is 0 Å². The summed E-state index contributed by atoms with van der Waals surface area (Å²) in [7, 11) is -3.74. The fraction of sp³-hybridized carbons (Fsp3) is 0.136. The molecule has 2 heterocycles. The van der Waals surface area contributed by atoms with Crippen LogP contribution >= 0.6 is 0 Å². The van der Waals surface area contributed by atoms with Gasteiger partial charge in [0.25, 0.3) is 0 Å². The minimum atomic E-state index is -3.74. The highest BCUT2D eigenvalue weighted by atomic mass is 32.2. The number of imidazole rings is 1. The van der Waals surface area contributed by atoms with Crippen LogP contribution in [0.3, 0.4) is 0 Å². The standard InChI is InChI=1S/C22H18FN3O3S/c1-15-12-19(7-8-20(15)23)30(28,29)18-5-2-16(3-6-18)4-9-21(27)17-13-25-22-24-10-11-26(22)14-17/h2-3,5-8,10-14H,4,9H2,1H3. The first kappa shape index (κ1) is 19.9. The molecule has 0 N–H and O–H groups in total. The summed E-state index contributed by atoms with van der Waals surface area (Å²) in [5.41, 5.74) is 1.61. The van der Waals surface area contributed by atoms with Crippen LogP contribution in [0.25, 0.3) is 5.78 Å². The monoisotopic (exact) mass is 423 g/mol. The number of carbonyl (C=O) groups excluding carboxylic acids is 1. The first-order valence-corrected chi connectivity index (χ1v) is 10.7. The van der Waals surface area contributed by atoms with E-state index in [-0.39, 0.29) is 27.6 Å². The molecule has 0 aliphatic heterocycles. The molecule has 8 heteroatoms. The molecular formula is C22H18FN3O3S. The van der Waals surface area contributed by atoms with Crippen LogP contribution < -0.4 is 0 Å². The van der Waals surface area contributed by atoms with E-state index in [9.17, 15) is 17.6 Å². The Bertz CT molecular complexity index is 1350. The van der Waals surface area contributed by atoms with E-state index in [0.717, 1.165) is 11.6 Å². The molecule has 30 heavy (non-hydrogen) atoms. The quantitative estimate of drug-likeness (QED) is 0.348. The largest absolute Gasteiger partial charge is 0.294 e. The van der Waals surface area contributed by atoms with Gasteiger partial charge in [-0.25, -0.2) is 22.8 Å². The summed E-state index contributed by atoms with van der Waals surface area (Å²) in [6.45, 7) is 1.52. The highest BCUT2D eigenvalue weighted by Crippen LogP contribution is 2.23. The smallest absolute Gasteiger partial charge is 0.233 e. The summed E-state index contributed by atoms with van der Waals surface area (Å²) >= 11 is 0. The number of sulfone groups is 1. The third-order valence-electron chi connectivity index (χ3n) is 4.88. The van der Waals surface area contributed by atoms with Crippen molar-refractivity contribution in [2.45, 2.75) is 29.6 Å². The van der Waals surface area contributed by atoms with Gasteiger partial charge in [0.2, 0.25) is 15.6 Å². The number of hydrogen-bond acceptors (Lipinski definition) is 5. The van der Waals surface area contributed by atoms with Gasteiger partial charge in [-0.3, -0.25) is 9.20 Å². The number of benzene rings is 2. The molecular weight excluding hydrogens is 405 g/mol. The molecule has 0 radical (unpaired) electrons. The van der Waals surface area contributed by atoms with Crippen molar-refractivity contribution in [2.75, 3.05) is 0 Å². The van der Waals surface area contributed by atoms with E-state index in [4.69, 9.17) is 0 Å². The van der Waals surface area contributed by atoms with Gasteiger partial charge in [-0.2, -0.15) is 0 Å². The Morgan fingerprint density at radius 1 is 1.07 bits per heavy atom. The number of nitrogens with zero attached hydrogens (tertiary/aromatic N) is 3. The topological polar surface area (TPSA) is 81.4 Å². The summed E-state index contributed by atoms with van der Waals surface area (Å²) in [4.78, 5) is 20.8. The molecule has 0 saturated carbocycles. The van der Waals surface area contributed by atoms with Crippen LogP contribution in [0.4, 0.5) is 4.39 Å². The Balaban J connectivity index is 1.46. The van der Waals surface area contributed by atoms with Crippen LogP contribution in [0, 0.1) is 12.7 Å². The van der Waals surface area contributed by atoms with E-state index in [2.05, 4.69) is 9.97 Å². The molecule has 0 atom stereocenters. The van der Waals surface area contributed by atoms with Gasteiger partial charge in [-0.1, -0.05) is 12.1 Å². The Morgan fingerprint density at radius 3 is 2.53 bits per heavy atom. The number of aromatic nitrogens is 3. The second-order valence-corrected chi connectivity index (χ2v) is 8.91. The van der Waals surface area contributed by atoms with Crippen LogP contribution in [0.2, 0.25) is 0 Å². The first-order valence-electron chi connectivity index (χ1n) is 9.27. The van der Waals surface area contributed by atoms with Crippen LogP contribution in [0.5, 0.6) is 0 Å². The highest BCUT2D eigenvalue weighted by molar-refractivity contribution is 7.91. The SMILES string of the molecule is Cc1cc(S(=O)(=O)c2ccc(CCC(=O)c3cnc4nccn4c3)cc2)ccc1F. The fourth-order valence-electron chi connectivity index (χ4n) is 3.12. The predicted molar refractivity (Wildman–Crippen MR) is 109 cm³/mol. The van der Waals surface area contributed by atoms with Gasteiger partial charge in [0, 0.05) is 31.2 Å². The van der Waals surface area contributed by atoms with E-state index < -0.39 is 15.7 Å². The number of ketones is 1. The maximum atomic E-state index is 13.4. The molecule has 4 rings (SSSR count). The highest BCUT2D eigenvalue weighted by Gasteiger charge is 2.18. The molecule has 0 unspecified atom stereocenters. The molecule has 0 saturated heterocycles. The van der Waals surface area contributed by atoms with Gasteiger partial charge in [-0.15, -0.1) is 0 Å². The number of hydrogen-bond donors (Lipinski definition) is 0. The van der Waals surface area contributed by atoms with E-state index in [1.807, 2.05) is 0 Å². The predicted octanol–water partition coefficient (Wildman–Crippen LogP) is 3.83. The summed E-state index contributed by atoms with van der Waals surface area (Å²) in [5.74, 6) is 0.0210. The maximum Gasteiger partial charge on any atom is 0.233 e. The molecule has 2 aromatic heterocycles. The minimum absolute atomic E-state index is 0.0479. The fourth-order valence-corrected chi connectivity index (χ4v) is 4.46.